The van der Waals surface area contributed by atoms with Gasteiger partial charge in [0.1, 0.15) is 4.99 Å². The van der Waals surface area contributed by atoms with Gasteiger partial charge in [0.05, 0.1) is 0 Å². The first-order valence-corrected chi connectivity index (χ1v) is 9.23. The number of hydrogen-bond donors (Lipinski definition) is 1. The Bertz CT molecular complexity index is 1030. The maximum Gasteiger partial charge on any atom is 0.105 e. The molecule has 0 saturated carbocycles. The van der Waals surface area contributed by atoms with Crippen molar-refractivity contribution in [3.8, 4) is 0 Å². The van der Waals surface area contributed by atoms with Crippen LogP contribution in [0, 0.1) is 0 Å². The zero-order chi connectivity index (χ0) is 18.3. The molecule has 0 radical (unpaired) electrons. The van der Waals surface area contributed by atoms with E-state index in [1.807, 2.05) is 0 Å². The molecule has 0 aromatic heterocycles. The molecule has 130 valence electrons. The Labute approximate surface area is 160 Å². The molecule has 0 bridgehead atoms. The predicted molar refractivity (Wildman–Crippen MR) is 116 cm³/mol. The molecule has 3 aromatic carbocycles. The minimum atomic E-state index is -0.0736. The predicted octanol–water partition coefficient (Wildman–Crippen LogP) is 5.89. The Morgan fingerprint density at radius 3 is 2.46 bits per heavy atom. The van der Waals surface area contributed by atoms with Gasteiger partial charge in [-0.1, -0.05) is 80.7 Å². The van der Waals surface area contributed by atoms with Crippen molar-refractivity contribution in [1.29, 1.82) is 0 Å². The second-order valence-electron chi connectivity index (χ2n) is 7.25. The number of fused-ring (bicyclic) bond motifs is 2. The van der Waals surface area contributed by atoms with Crippen molar-refractivity contribution in [2.75, 3.05) is 17.3 Å². The van der Waals surface area contributed by atoms with Crippen LogP contribution >= 0.6 is 12.2 Å². The number of para-hydroxylation sites is 1. The molecular formula is C23H22N2S. The lowest BCUT2D eigenvalue weighted by Crippen LogP contribution is -2.24. The van der Waals surface area contributed by atoms with Crippen molar-refractivity contribution in [3.05, 3.63) is 84.1 Å². The summed E-state index contributed by atoms with van der Waals surface area (Å²) >= 11 is 5.69. The summed E-state index contributed by atoms with van der Waals surface area (Å²) in [5.74, 6) is 0. The maximum absolute atomic E-state index is 5.69. The van der Waals surface area contributed by atoms with Gasteiger partial charge in [-0.3, -0.25) is 0 Å². The Balaban J connectivity index is 1.68. The second kappa shape index (κ2) is 6.26. The van der Waals surface area contributed by atoms with Crippen LogP contribution in [0.15, 0.2) is 78.5 Å². The van der Waals surface area contributed by atoms with Crippen LogP contribution in [0.4, 0.5) is 11.4 Å². The summed E-state index contributed by atoms with van der Waals surface area (Å²) < 4.78 is 0. The van der Waals surface area contributed by atoms with Crippen LogP contribution in [0.1, 0.15) is 19.4 Å². The van der Waals surface area contributed by atoms with E-state index in [-0.39, 0.29) is 5.41 Å². The first kappa shape index (κ1) is 16.8. The highest BCUT2D eigenvalue weighted by Crippen LogP contribution is 2.46. The normalized spacial score (nSPS) is 16.7. The van der Waals surface area contributed by atoms with Crippen LogP contribution in [-0.2, 0) is 5.41 Å². The van der Waals surface area contributed by atoms with Gasteiger partial charge in [-0.25, -0.2) is 0 Å². The molecule has 3 heteroatoms. The number of nitrogens with zero attached hydrogens (tertiary/aromatic N) is 1. The fraction of sp³-hybridized carbons (Fsp3) is 0.174. The van der Waals surface area contributed by atoms with Gasteiger partial charge in [-0.15, -0.1) is 0 Å². The van der Waals surface area contributed by atoms with E-state index < -0.39 is 0 Å². The molecule has 0 saturated heterocycles. The van der Waals surface area contributed by atoms with Crippen molar-refractivity contribution in [2.24, 2.45) is 0 Å². The van der Waals surface area contributed by atoms with Gasteiger partial charge in [-0.05, 0) is 29.2 Å². The lowest BCUT2D eigenvalue weighted by atomic mass is 9.84. The van der Waals surface area contributed by atoms with Gasteiger partial charge in [0.25, 0.3) is 0 Å². The van der Waals surface area contributed by atoms with E-state index in [1.165, 1.54) is 27.7 Å². The van der Waals surface area contributed by atoms with Crippen LogP contribution in [0.2, 0.25) is 0 Å². The van der Waals surface area contributed by atoms with E-state index in [2.05, 4.69) is 104 Å². The Morgan fingerprint density at radius 2 is 1.65 bits per heavy atom. The quantitative estimate of drug-likeness (QED) is 0.454. The van der Waals surface area contributed by atoms with Crippen LogP contribution in [0.25, 0.3) is 10.8 Å². The van der Waals surface area contributed by atoms with Crippen LogP contribution in [0.3, 0.4) is 0 Å². The summed E-state index contributed by atoms with van der Waals surface area (Å²) in [4.78, 5) is 2.97. The largest absolute Gasteiger partial charge is 0.347 e. The molecular weight excluding hydrogens is 336 g/mol. The molecule has 1 aliphatic heterocycles. The van der Waals surface area contributed by atoms with Gasteiger partial charge in [0.15, 0.2) is 0 Å². The number of rotatable bonds is 2. The highest BCUT2D eigenvalue weighted by molar-refractivity contribution is 7.81. The van der Waals surface area contributed by atoms with Crippen LogP contribution in [0.5, 0.6) is 0 Å². The molecule has 0 aliphatic carbocycles. The summed E-state index contributed by atoms with van der Waals surface area (Å²) in [7, 11) is 2.11. The summed E-state index contributed by atoms with van der Waals surface area (Å²) in [6.45, 7) is 4.50. The number of thiocarbonyl (C=S) groups is 1. The molecule has 26 heavy (non-hydrogen) atoms. The Hall–Kier alpha value is -2.65. The summed E-state index contributed by atoms with van der Waals surface area (Å²) in [5, 5.41) is 5.81. The first-order valence-electron chi connectivity index (χ1n) is 8.82. The number of benzene rings is 3. The average molecular weight is 359 g/mol. The van der Waals surface area contributed by atoms with Gasteiger partial charge in [-0.2, -0.15) is 0 Å². The molecule has 1 N–H and O–H groups in total. The Morgan fingerprint density at radius 1 is 0.962 bits per heavy atom. The number of allylic oxidation sites excluding steroid dienone is 1. The van der Waals surface area contributed by atoms with E-state index in [1.54, 1.807) is 0 Å². The molecule has 3 aromatic rings. The summed E-state index contributed by atoms with van der Waals surface area (Å²) in [5.41, 5.74) is 4.76. The van der Waals surface area contributed by atoms with Gasteiger partial charge >= 0.3 is 0 Å². The van der Waals surface area contributed by atoms with Gasteiger partial charge < -0.3 is 10.2 Å². The first-order chi connectivity index (χ1) is 12.5. The molecule has 1 heterocycles. The van der Waals surface area contributed by atoms with Crippen molar-refractivity contribution in [1.82, 2.24) is 0 Å². The van der Waals surface area contributed by atoms with Crippen LogP contribution < -0.4 is 10.2 Å². The smallest absolute Gasteiger partial charge is 0.105 e. The second-order valence-corrected chi connectivity index (χ2v) is 7.69. The molecule has 0 atom stereocenters. The minimum Gasteiger partial charge on any atom is -0.347 e. The van der Waals surface area contributed by atoms with Crippen LogP contribution in [-0.4, -0.2) is 12.0 Å². The summed E-state index contributed by atoms with van der Waals surface area (Å²) in [6, 6.07) is 23.2. The van der Waals surface area contributed by atoms with E-state index in [0.717, 1.165) is 10.7 Å². The third kappa shape index (κ3) is 2.69. The maximum atomic E-state index is 5.69. The van der Waals surface area contributed by atoms with E-state index in [0.29, 0.717) is 0 Å². The van der Waals surface area contributed by atoms with E-state index in [9.17, 15) is 0 Å². The third-order valence-corrected chi connectivity index (χ3v) is 5.48. The number of anilines is 2. The highest BCUT2D eigenvalue weighted by atomic mass is 32.1. The molecule has 1 aliphatic rings. The van der Waals surface area contributed by atoms with Gasteiger partial charge in [0.2, 0.25) is 0 Å². The SMILES string of the molecule is CN1/C(=C/C(=S)Nc2cccc3ccccc23)C(C)(C)c2ccccc21. The van der Waals surface area contributed by atoms with Gasteiger partial charge in [0, 0.05) is 34.9 Å². The van der Waals surface area contributed by atoms with E-state index >= 15 is 0 Å². The fourth-order valence-corrected chi connectivity index (χ4v) is 4.11. The standard InChI is InChI=1S/C23H22N2S/c1-23(2)18-12-6-7-14-20(18)25(3)21(23)15-22(26)24-19-13-8-10-16-9-4-5-11-17(16)19/h4-15H,1-3H3,(H,24,26)/b21-15+. The lowest BCUT2D eigenvalue weighted by Gasteiger charge is -2.24. The van der Waals surface area contributed by atoms with Crippen molar-refractivity contribution >= 4 is 39.4 Å². The lowest BCUT2D eigenvalue weighted by molar-refractivity contribution is 0.641. The zero-order valence-corrected chi connectivity index (χ0v) is 16.1. The average Bonchev–Trinajstić information content (AvgIpc) is 2.83. The number of hydrogen-bond acceptors (Lipinski definition) is 2. The third-order valence-electron chi connectivity index (χ3n) is 5.26. The highest BCUT2D eigenvalue weighted by Gasteiger charge is 2.38. The minimum absolute atomic E-state index is 0.0736. The molecule has 2 nitrogen and oxygen atoms in total. The molecule has 4 rings (SSSR count). The topological polar surface area (TPSA) is 15.3 Å². The fourth-order valence-electron chi connectivity index (χ4n) is 3.89. The van der Waals surface area contributed by atoms with E-state index in [4.69, 9.17) is 12.2 Å². The number of likely N-dealkylation sites (N-methyl/N-ethyl adjacent to an activating group) is 1. The van der Waals surface area contributed by atoms with Crippen molar-refractivity contribution in [3.63, 3.8) is 0 Å². The monoisotopic (exact) mass is 358 g/mol. The molecule has 0 fully saturated rings. The molecule has 0 unspecified atom stereocenters. The Kier molecular flexibility index (Phi) is 4.04. The molecule has 0 amide bonds. The van der Waals surface area contributed by atoms with Crippen molar-refractivity contribution < 1.29 is 0 Å². The number of nitrogens with one attached hydrogen (secondary N) is 1. The zero-order valence-electron chi connectivity index (χ0n) is 15.3. The van der Waals surface area contributed by atoms with Crippen molar-refractivity contribution in [2.45, 2.75) is 19.3 Å². The summed E-state index contributed by atoms with van der Waals surface area (Å²) in [6.07, 6.45) is 2.09. The molecule has 0 spiro atoms.